The highest BCUT2D eigenvalue weighted by molar-refractivity contribution is 5.91. The monoisotopic (exact) mass is 233 g/mol. The minimum absolute atomic E-state index is 0.195. The van der Waals surface area contributed by atoms with Crippen LogP contribution in [0.1, 0.15) is 10.6 Å². The fraction of sp³-hybridized carbons (Fsp3) is 0.182. The molecule has 0 bridgehead atoms. The second kappa shape index (κ2) is 5.11. The summed E-state index contributed by atoms with van der Waals surface area (Å²) in [5.41, 5.74) is -0.195. The number of amides is 1. The van der Waals surface area contributed by atoms with E-state index >= 15 is 0 Å². The number of hydrogen-bond acceptors (Lipinski definition) is 4. The molecule has 0 radical (unpaired) electrons. The van der Waals surface area contributed by atoms with Crippen LogP contribution in [0.2, 0.25) is 0 Å². The number of furan rings is 1. The van der Waals surface area contributed by atoms with Gasteiger partial charge in [0.25, 0.3) is 11.5 Å². The highest BCUT2D eigenvalue weighted by Crippen LogP contribution is 1.98. The van der Waals surface area contributed by atoms with Crippen molar-refractivity contribution in [2.75, 3.05) is 6.54 Å². The Hall–Kier alpha value is -2.37. The lowest BCUT2D eigenvalue weighted by atomic mass is 10.4. The van der Waals surface area contributed by atoms with Crippen LogP contribution in [0.3, 0.4) is 0 Å². The molecule has 2 rings (SSSR count). The largest absolute Gasteiger partial charge is 0.459 e. The van der Waals surface area contributed by atoms with Crippen molar-refractivity contribution in [1.82, 2.24) is 15.1 Å². The zero-order valence-electron chi connectivity index (χ0n) is 9.00. The summed E-state index contributed by atoms with van der Waals surface area (Å²) < 4.78 is 6.21. The third kappa shape index (κ3) is 2.81. The predicted molar refractivity (Wildman–Crippen MR) is 59.5 cm³/mol. The highest BCUT2D eigenvalue weighted by Gasteiger charge is 2.06. The smallest absolute Gasteiger partial charge is 0.287 e. The Bertz CT molecular complexity index is 545. The van der Waals surface area contributed by atoms with Gasteiger partial charge in [-0.25, -0.2) is 4.68 Å². The van der Waals surface area contributed by atoms with Gasteiger partial charge in [-0.1, -0.05) is 0 Å². The maximum absolute atomic E-state index is 11.5. The molecule has 0 saturated heterocycles. The number of rotatable bonds is 4. The van der Waals surface area contributed by atoms with Gasteiger partial charge < -0.3 is 9.73 Å². The van der Waals surface area contributed by atoms with Crippen LogP contribution in [0.25, 0.3) is 0 Å². The molecule has 0 unspecified atom stereocenters. The fourth-order valence-electron chi connectivity index (χ4n) is 1.33. The van der Waals surface area contributed by atoms with Crippen molar-refractivity contribution in [2.24, 2.45) is 0 Å². The molecule has 0 aromatic carbocycles. The first-order valence-electron chi connectivity index (χ1n) is 5.11. The quantitative estimate of drug-likeness (QED) is 0.822. The van der Waals surface area contributed by atoms with Crippen LogP contribution >= 0.6 is 0 Å². The van der Waals surface area contributed by atoms with E-state index in [1.165, 1.54) is 23.2 Å². The molecule has 6 heteroatoms. The molecule has 1 N–H and O–H groups in total. The summed E-state index contributed by atoms with van der Waals surface area (Å²) in [5, 5.41) is 6.50. The van der Waals surface area contributed by atoms with Gasteiger partial charge in [0.2, 0.25) is 0 Å². The standard InChI is InChI=1S/C11H11N3O3/c15-10-4-1-5-13-14(10)7-6-12-11(16)9-3-2-8-17-9/h1-5,8H,6-7H2,(H,12,16). The van der Waals surface area contributed by atoms with E-state index in [0.717, 1.165) is 0 Å². The van der Waals surface area contributed by atoms with Crippen molar-refractivity contribution in [2.45, 2.75) is 6.54 Å². The highest BCUT2D eigenvalue weighted by atomic mass is 16.3. The van der Waals surface area contributed by atoms with Gasteiger partial charge in [-0.15, -0.1) is 0 Å². The molecule has 2 aromatic heterocycles. The minimum Gasteiger partial charge on any atom is -0.459 e. The van der Waals surface area contributed by atoms with Crippen LogP contribution in [-0.2, 0) is 6.54 Å². The molecule has 0 aliphatic carbocycles. The number of aromatic nitrogens is 2. The molecule has 2 heterocycles. The molecule has 6 nitrogen and oxygen atoms in total. The fourth-order valence-corrected chi connectivity index (χ4v) is 1.33. The van der Waals surface area contributed by atoms with E-state index < -0.39 is 0 Å². The maximum Gasteiger partial charge on any atom is 0.287 e. The lowest BCUT2D eigenvalue weighted by Crippen LogP contribution is -2.31. The van der Waals surface area contributed by atoms with E-state index in [4.69, 9.17) is 4.42 Å². The van der Waals surface area contributed by atoms with Gasteiger partial charge in [0.15, 0.2) is 5.76 Å². The number of nitrogens with zero attached hydrogens (tertiary/aromatic N) is 2. The molecular weight excluding hydrogens is 222 g/mol. The average molecular weight is 233 g/mol. The minimum atomic E-state index is -0.306. The average Bonchev–Trinajstić information content (AvgIpc) is 2.85. The molecule has 0 saturated carbocycles. The summed E-state index contributed by atoms with van der Waals surface area (Å²) in [7, 11) is 0. The topological polar surface area (TPSA) is 77.1 Å². The summed E-state index contributed by atoms with van der Waals surface area (Å²) in [6.45, 7) is 0.641. The van der Waals surface area contributed by atoms with E-state index in [9.17, 15) is 9.59 Å². The van der Waals surface area contributed by atoms with E-state index in [1.807, 2.05) is 0 Å². The van der Waals surface area contributed by atoms with Gasteiger partial charge in [0.05, 0.1) is 12.8 Å². The third-order valence-corrected chi connectivity index (χ3v) is 2.14. The molecule has 0 aliphatic rings. The van der Waals surface area contributed by atoms with Gasteiger partial charge in [-0.05, 0) is 18.2 Å². The first-order valence-corrected chi connectivity index (χ1v) is 5.11. The summed E-state index contributed by atoms with van der Waals surface area (Å²) in [4.78, 5) is 22.8. The number of hydrogen-bond donors (Lipinski definition) is 1. The Morgan fingerprint density at radius 1 is 1.41 bits per heavy atom. The number of carbonyl (C=O) groups is 1. The Morgan fingerprint density at radius 3 is 3.00 bits per heavy atom. The van der Waals surface area contributed by atoms with E-state index in [-0.39, 0.29) is 17.2 Å². The molecule has 0 spiro atoms. The second-order valence-electron chi connectivity index (χ2n) is 3.32. The van der Waals surface area contributed by atoms with E-state index in [1.54, 1.807) is 18.2 Å². The third-order valence-electron chi connectivity index (χ3n) is 2.14. The van der Waals surface area contributed by atoms with Crippen LogP contribution in [0.4, 0.5) is 0 Å². The Balaban J connectivity index is 1.87. The lowest BCUT2D eigenvalue weighted by Gasteiger charge is -2.04. The van der Waals surface area contributed by atoms with Crippen LogP contribution in [-0.4, -0.2) is 22.2 Å². The van der Waals surface area contributed by atoms with Crippen LogP contribution in [0.15, 0.2) is 45.9 Å². The molecular formula is C11H11N3O3. The Labute approximate surface area is 96.9 Å². The summed E-state index contributed by atoms with van der Waals surface area (Å²) >= 11 is 0. The molecule has 0 atom stereocenters. The molecule has 2 aromatic rings. The molecule has 0 fully saturated rings. The van der Waals surface area contributed by atoms with E-state index in [0.29, 0.717) is 13.1 Å². The van der Waals surface area contributed by atoms with Crippen molar-refractivity contribution in [3.05, 3.63) is 52.8 Å². The molecule has 88 valence electrons. The van der Waals surface area contributed by atoms with Gasteiger partial charge in [0, 0.05) is 18.8 Å². The SMILES string of the molecule is O=C(NCCn1ncccc1=O)c1ccco1. The lowest BCUT2D eigenvalue weighted by molar-refractivity contribution is 0.0924. The first-order chi connectivity index (χ1) is 8.27. The van der Waals surface area contributed by atoms with Gasteiger partial charge in [-0.3, -0.25) is 9.59 Å². The molecule has 17 heavy (non-hydrogen) atoms. The van der Waals surface area contributed by atoms with Crippen LogP contribution in [0, 0.1) is 0 Å². The van der Waals surface area contributed by atoms with Gasteiger partial charge in [-0.2, -0.15) is 5.10 Å². The summed E-state index contributed by atoms with van der Waals surface area (Å²) in [6, 6.07) is 6.20. The molecule has 1 amide bonds. The number of carbonyl (C=O) groups excluding carboxylic acids is 1. The van der Waals surface area contributed by atoms with Crippen molar-refractivity contribution in [1.29, 1.82) is 0 Å². The van der Waals surface area contributed by atoms with Crippen molar-refractivity contribution in [3.8, 4) is 0 Å². The van der Waals surface area contributed by atoms with Gasteiger partial charge >= 0.3 is 0 Å². The normalized spacial score (nSPS) is 10.1. The van der Waals surface area contributed by atoms with Crippen molar-refractivity contribution >= 4 is 5.91 Å². The summed E-state index contributed by atoms with van der Waals surface area (Å²) in [5.74, 6) is -0.0580. The predicted octanol–water partition coefficient (Wildman–Crippen LogP) is 0.266. The number of nitrogens with one attached hydrogen (secondary N) is 1. The van der Waals surface area contributed by atoms with Crippen LogP contribution < -0.4 is 10.9 Å². The zero-order valence-corrected chi connectivity index (χ0v) is 9.00. The molecule has 0 aliphatic heterocycles. The summed E-state index contributed by atoms with van der Waals surface area (Å²) in [6.07, 6.45) is 2.95. The van der Waals surface area contributed by atoms with Crippen molar-refractivity contribution in [3.63, 3.8) is 0 Å². The maximum atomic E-state index is 11.5. The zero-order chi connectivity index (χ0) is 12.1. The van der Waals surface area contributed by atoms with E-state index in [2.05, 4.69) is 10.4 Å². The Kier molecular flexibility index (Phi) is 3.34. The van der Waals surface area contributed by atoms with Gasteiger partial charge in [0.1, 0.15) is 0 Å². The van der Waals surface area contributed by atoms with Crippen molar-refractivity contribution < 1.29 is 9.21 Å². The first kappa shape index (κ1) is 11.1. The second-order valence-corrected chi connectivity index (χ2v) is 3.32. The van der Waals surface area contributed by atoms with Crippen LogP contribution in [0.5, 0.6) is 0 Å². The Morgan fingerprint density at radius 2 is 2.29 bits per heavy atom.